The normalized spacial score (nSPS) is 36.1. The first kappa shape index (κ1) is 10.1. The van der Waals surface area contributed by atoms with Crippen molar-refractivity contribution in [1.82, 2.24) is 4.90 Å². The zero-order valence-corrected chi connectivity index (χ0v) is 8.08. The Balaban J connectivity index is 2.23. The standard InChI is InChI=1S/C9H11NO5/c1-3(11)6-4-2-5(12)7(9(14)15)10(4)8(6)13/h3-4,6-7,11H,2H2,1H3,(H,14,15)/t3-,4?,6+,7?/m1/s1. The number of amides is 1. The Morgan fingerprint density at radius 3 is 2.60 bits per heavy atom. The second kappa shape index (κ2) is 3.03. The van der Waals surface area contributed by atoms with Crippen LogP contribution in [-0.2, 0) is 14.4 Å². The van der Waals surface area contributed by atoms with Gasteiger partial charge in [-0.3, -0.25) is 9.59 Å². The number of ketones is 1. The number of aliphatic carboxylic acids is 1. The van der Waals surface area contributed by atoms with Crippen molar-refractivity contribution in [3.63, 3.8) is 0 Å². The van der Waals surface area contributed by atoms with E-state index in [1.807, 2.05) is 0 Å². The van der Waals surface area contributed by atoms with Gasteiger partial charge in [0.25, 0.3) is 0 Å². The van der Waals surface area contributed by atoms with E-state index in [2.05, 4.69) is 0 Å². The molecule has 2 rings (SSSR count). The quantitative estimate of drug-likeness (QED) is 0.435. The maximum Gasteiger partial charge on any atom is 0.334 e. The predicted octanol–water partition coefficient (Wildman–Crippen LogP) is -1.38. The lowest BCUT2D eigenvalue weighted by Crippen LogP contribution is -2.64. The van der Waals surface area contributed by atoms with Crippen LogP contribution in [0, 0.1) is 5.92 Å². The number of nitrogens with zero attached hydrogens (tertiary/aromatic N) is 1. The van der Waals surface area contributed by atoms with Crippen LogP contribution in [0.4, 0.5) is 0 Å². The Labute approximate surface area is 85.5 Å². The van der Waals surface area contributed by atoms with Gasteiger partial charge in [-0.1, -0.05) is 0 Å². The second-order valence-corrected chi connectivity index (χ2v) is 3.99. The highest BCUT2D eigenvalue weighted by Crippen LogP contribution is 2.39. The van der Waals surface area contributed by atoms with Gasteiger partial charge in [0, 0.05) is 6.42 Å². The van der Waals surface area contributed by atoms with Crippen LogP contribution < -0.4 is 0 Å². The van der Waals surface area contributed by atoms with E-state index in [1.54, 1.807) is 0 Å². The summed E-state index contributed by atoms with van der Waals surface area (Å²) in [4.78, 5) is 34.6. The number of aliphatic hydroxyl groups excluding tert-OH is 1. The molecule has 82 valence electrons. The highest BCUT2D eigenvalue weighted by atomic mass is 16.4. The van der Waals surface area contributed by atoms with Crippen molar-refractivity contribution in [2.75, 3.05) is 0 Å². The lowest BCUT2D eigenvalue weighted by molar-refractivity contribution is -0.170. The Morgan fingerprint density at radius 1 is 1.53 bits per heavy atom. The SMILES string of the molecule is C[C@@H](O)[C@@H]1C(=O)N2C(C(=O)O)C(=O)CC12. The van der Waals surface area contributed by atoms with E-state index in [0.717, 1.165) is 4.90 Å². The van der Waals surface area contributed by atoms with Crippen molar-refractivity contribution in [3.8, 4) is 0 Å². The number of rotatable bonds is 2. The van der Waals surface area contributed by atoms with Crippen LogP contribution in [-0.4, -0.2) is 51.0 Å². The summed E-state index contributed by atoms with van der Waals surface area (Å²) >= 11 is 0. The Kier molecular flexibility index (Phi) is 2.04. The summed E-state index contributed by atoms with van der Waals surface area (Å²) in [5.74, 6) is -2.80. The van der Waals surface area contributed by atoms with Gasteiger partial charge in [-0.25, -0.2) is 4.79 Å². The number of carbonyl (C=O) groups excluding carboxylic acids is 2. The van der Waals surface area contributed by atoms with Crippen molar-refractivity contribution in [2.24, 2.45) is 5.92 Å². The summed E-state index contributed by atoms with van der Waals surface area (Å²) in [6, 6.07) is -1.76. The molecule has 1 amide bonds. The average molecular weight is 213 g/mol. The van der Waals surface area contributed by atoms with Crippen LogP contribution in [0.5, 0.6) is 0 Å². The molecule has 6 nitrogen and oxygen atoms in total. The van der Waals surface area contributed by atoms with Gasteiger partial charge in [0.1, 0.15) is 0 Å². The number of carboxylic acids is 1. The molecule has 0 radical (unpaired) electrons. The van der Waals surface area contributed by atoms with E-state index in [0.29, 0.717) is 0 Å². The number of β-lactam (4-membered cyclic amide) rings is 1. The zero-order valence-electron chi connectivity index (χ0n) is 8.08. The van der Waals surface area contributed by atoms with E-state index >= 15 is 0 Å². The molecule has 2 unspecified atom stereocenters. The van der Waals surface area contributed by atoms with Crippen LogP contribution in [0.3, 0.4) is 0 Å². The minimum Gasteiger partial charge on any atom is -0.479 e. The van der Waals surface area contributed by atoms with Crippen molar-refractivity contribution in [1.29, 1.82) is 0 Å². The molecule has 2 fully saturated rings. The zero-order chi connectivity index (χ0) is 11.3. The number of carboxylic acid groups (broad SMARTS) is 1. The molecule has 0 aliphatic carbocycles. The van der Waals surface area contributed by atoms with E-state index in [4.69, 9.17) is 5.11 Å². The van der Waals surface area contributed by atoms with Crippen LogP contribution in [0.25, 0.3) is 0 Å². The molecule has 0 aromatic heterocycles. The molecular formula is C9H11NO5. The smallest absolute Gasteiger partial charge is 0.334 e. The van der Waals surface area contributed by atoms with Gasteiger partial charge in [-0.05, 0) is 6.92 Å². The molecule has 2 aliphatic heterocycles. The third-order valence-electron chi connectivity index (χ3n) is 3.06. The highest BCUT2D eigenvalue weighted by molar-refractivity contribution is 6.10. The van der Waals surface area contributed by atoms with Crippen molar-refractivity contribution >= 4 is 17.7 Å². The fraction of sp³-hybridized carbons (Fsp3) is 0.667. The topological polar surface area (TPSA) is 94.9 Å². The minimum atomic E-state index is -1.34. The van der Waals surface area contributed by atoms with Crippen LogP contribution in [0.2, 0.25) is 0 Å². The Hall–Kier alpha value is -1.43. The molecule has 0 spiro atoms. The monoisotopic (exact) mass is 213 g/mol. The fourth-order valence-electron chi connectivity index (χ4n) is 2.39. The van der Waals surface area contributed by atoms with Crippen molar-refractivity contribution in [2.45, 2.75) is 31.5 Å². The number of hydrogen-bond donors (Lipinski definition) is 2. The maximum atomic E-state index is 11.5. The minimum absolute atomic E-state index is 0.0400. The van der Waals surface area contributed by atoms with E-state index in [1.165, 1.54) is 6.92 Å². The third kappa shape index (κ3) is 1.18. The molecule has 0 aromatic carbocycles. The number of Topliss-reactive ketones (excluding diaryl/α,β-unsaturated/α-hetero) is 1. The van der Waals surface area contributed by atoms with Gasteiger partial charge in [0.15, 0.2) is 11.8 Å². The lowest BCUT2D eigenvalue weighted by atomic mass is 9.84. The Bertz CT molecular complexity index is 350. The molecule has 0 aromatic rings. The predicted molar refractivity (Wildman–Crippen MR) is 46.9 cm³/mol. The summed E-state index contributed by atoms with van der Waals surface area (Å²) in [7, 11) is 0. The molecular weight excluding hydrogens is 202 g/mol. The summed E-state index contributed by atoms with van der Waals surface area (Å²) in [6.45, 7) is 1.47. The molecule has 2 heterocycles. The van der Waals surface area contributed by atoms with Gasteiger partial charge >= 0.3 is 5.97 Å². The maximum absolute atomic E-state index is 11.5. The highest BCUT2D eigenvalue weighted by Gasteiger charge is 2.60. The molecule has 2 N–H and O–H groups in total. The molecule has 0 saturated carbocycles. The summed E-state index contributed by atoms with van der Waals surface area (Å²) in [6.07, 6.45) is -0.794. The van der Waals surface area contributed by atoms with Crippen molar-refractivity contribution < 1.29 is 24.6 Å². The first-order valence-corrected chi connectivity index (χ1v) is 4.71. The van der Waals surface area contributed by atoms with Crippen LogP contribution >= 0.6 is 0 Å². The lowest BCUT2D eigenvalue weighted by Gasteiger charge is -2.44. The fourth-order valence-corrected chi connectivity index (χ4v) is 2.39. The van der Waals surface area contributed by atoms with Gasteiger partial charge in [-0.2, -0.15) is 0 Å². The van der Waals surface area contributed by atoms with Gasteiger partial charge in [0.2, 0.25) is 5.91 Å². The molecule has 4 atom stereocenters. The first-order valence-electron chi connectivity index (χ1n) is 4.71. The van der Waals surface area contributed by atoms with Gasteiger partial charge < -0.3 is 15.1 Å². The average Bonchev–Trinajstić information content (AvgIpc) is 2.38. The van der Waals surface area contributed by atoms with Gasteiger partial charge in [-0.15, -0.1) is 0 Å². The Morgan fingerprint density at radius 2 is 2.13 bits per heavy atom. The van der Waals surface area contributed by atoms with Crippen LogP contribution in [0.1, 0.15) is 13.3 Å². The van der Waals surface area contributed by atoms with Crippen molar-refractivity contribution in [3.05, 3.63) is 0 Å². The summed E-state index contributed by atoms with van der Waals surface area (Å²) in [5, 5.41) is 18.1. The number of aliphatic hydroxyl groups is 1. The molecule has 6 heteroatoms. The number of hydrogen-bond acceptors (Lipinski definition) is 4. The van der Waals surface area contributed by atoms with Crippen LogP contribution in [0.15, 0.2) is 0 Å². The molecule has 0 bridgehead atoms. The molecule has 15 heavy (non-hydrogen) atoms. The molecule has 2 aliphatic rings. The first-order chi connectivity index (χ1) is 6.95. The molecule has 2 saturated heterocycles. The second-order valence-electron chi connectivity index (χ2n) is 3.99. The third-order valence-corrected chi connectivity index (χ3v) is 3.06. The van der Waals surface area contributed by atoms with E-state index in [-0.39, 0.29) is 6.42 Å². The number of carbonyl (C=O) groups is 3. The van der Waals surface area contributed by atoms with E-state index < -0.39 is 41.8 Å². The summed E-state index contributed by atoms with van der Waals surface area (Å²) in [5.41, 5.74) is 0. The van der Waals surface area contributed by atoms with Gasteiger partial charge in [0.05, 0.1) is 18.1 Å². The number of fused-ring (bicyclic) bond motifs is 1. The largest absolute Gasteiger partial charge is 0.479 e. The van der Waals surface area contributed by atoms with E-state index in [9.17, 15) is 19.5 Å². The summed E-state index contributed by atoms with van der Waals surface area (Å²) < 4.78 is 0.